The van der Waals surface area contributed by atoms with E-state index in [2.05, 4.69) is 27.7 Å². The SMILES string of the molecule is CC1=CC(=O)[C@@H]2C3[C@H]1[C@@]2(C)CCCC3(C)C. The largest absolute Gasteiger partial charge is 0.295 e. The second-order valence-corrected chi connectivity index (χ2v) is 7.12. The average Bonchev–Trinajstić information content (AvgIpc) is 2.28. The molecule has 0 saturated heterocycles. The first-order valence-corrected chi connectivity index (χ1v) is 6.60. The van der Waals surface area contributed by atoms with Crippen LogP contribution >= 0.6 is 0 Å². The summed E-state index contributed by atoms with van der Waals surface area (Å²) >= 11 is 0. The summed E-state index contributed by atoms with van der Waals surface area (Å²) < 4.78 is 0. The van der Waals surface area contributed by atoms with Gasteiger partial charge in [-0.25, -0.2) is 0 Å². The Morgan fingerprint density at radius 1 is 1.19 bits per heavy atom. The molecule has 0 aliphatic heterocycles. The van der Waals surface area contributed by atoms with Crippen molar-refractivity contribution in [2.75, 3.05) is 0 Å². The van der Waals surface area contributed by atoms with Crippen molar-refractivity contribution >= 4 is 5.78 Å². The molecule has 0 aromatic carbocycles. The van der Waals surface area contributed by atoms with Crippen LogP contribution in [0.3, 0.4) is 0 Å². The lowest BCUT2D eigenvalue weighted by atomic mass is 9.38. The Balaban J connectivity index is 2.13. The number of ketones is 1. The van der Waals surface area contributed by atoms with Gasteiger partial charge in [-0.2, -0.15) is 0 Å². The highest BCUT2D eigenvalue weighted by molar-refractivity contribution is 5.96. The van der Waals surface area contributed by atoms with Gasteiger partial charge in [0.25, 0.3) is 0 Å². The summed E-state index contributed by atoms with van der Waals surface area (Å²) in [6, 6.07) is 0. The van der Waals surface area contributed by atoms with Crippen LogP contribution in [0.25, 0.3) is 0 Å². The third-order valence-electron chi connectivity index (χ3n) is 5.75. The highest BCUT2D eigenvalue weighted by Crippen LogP contribution is 2.71. The van der Waals surface area contributed by atoms with Crippen LogP contribution in [0.15, 0.2) is 11.6 Å². The maximum absolute atomic E-state index is 12.2. The van der Waals surface area contributed by atoms with E-state index in [-0.39, 0.29) is 0 Å². The quantitative estimate of drug-likeness (QED) is 0.607. The highest BCUT2D eigenvalue weighted by atomic mass is 16.1. The maximum Gasteiger partial charge on any atom is 0.159 e. The molecule has 0 heterocycles. The van der Waals surface area contributed by atoms with Gasteiger partial charge in [0.05, 0.1) is 0 Å². The molecule has 4 aliphatic rings. The minimum absolute atomic E-state index is 0.300. The lowest BCUT2D eigenvalue weighted by Crippen LogP contribution is -2.63. The van der Waals surface area contributed by atoms with E-state index >= 15 is 0 Å². The predicted molar refractivity (Wildman–Crippen MR) is 65.0 cm³/mol. The molecule has 0 aromatic rings. The van der Waals surface area contributed by atoms with Crippen molar-refractivity contribution in [2.24, 2.45) is 28.6 Å². The average molecular weight is 218 g/mol. The van der Waals surface area contributed by atoms with Crippen LogP contribution < -0.4 is 0 Å². The van der Waals surface area contributed by atoms with Gasteiger partial charge in [0, 0.05) is 5.92 Å². The first-order chi connectivity index (χ1) is 7.38. The molecule has 16 heavy (non-hydrogen) atoms. The van der Waals surface area contributed by atoms with Crippen LogP contribution in [0, 0.1) is 28.6 Å². The van der Waals surface area contributed by atoms with Crippen molar-refractivity contribution in [1.82, 2.24) is 0 Å². The number of allylic oxidation sites excluding steroid dienone is 2. The summed E-state index contributed by atoms with van der Waals surface area (Å²) in [7, 11) is 0. The van der Waals surface area contributed by atoms with E-state index in [4.69, 9.17) is 0 Å². The van der Waals surface area contributed by atoms with Crippen LogP contribution in [0.1, 0.15) is 47.0 Å². The van der Waals surface area contributed by atoms with E-state index in [9.17, 15) is 4.79 Å². The minimum Gasteiger partial charge on any atom is -0.295 e. The first-order valence-electron chi connectivity index (χ1n) is 6.60. The molecule has 0 spiro atoms. The Morgan fingerprint density at radius 3 is 2.50 bits per heavy atom. The Labute approximate surface area is 98.3 Å². The number of fused-ring (bicyclic) bond motifs is 1. The van der Waals surface area contributed by atoms with E-state index in [1.807, 2.05) is 6.08 Å². The first kappa shape index (κ1) is 10.6. The molecule has 1 heteroatoms. The predicted octanol–water partition coefficient (Wildman–Crippen LogP) is 3.59. The Morgan fingerprint density at radius 2 is 1.88 bits per heavy atom. The van der Waals surface area contributed by atoms with Crippen molar-refractivity contribution in [3.8, 4) is 0 Å². The third kappa shape index (κ3) is 1.00. The maximum atomic E-state index is 12.2. The van der Waals surface area contributed by atoms with E-state index in [1.165, 1.54) is 24.8 Å². The van der Waals surface area contributed by atoms with Gasteiger partial charge >= 0.3 is 0 Å². The monoisotopic (exact) mass is 218 g/mol. The Hall–Kier alpha value is -0.590. The van der Waals surface area contributed by atoms with Crippen LogP contribution in [0.4, 0.5) is 0 Å². The van der Waals surface area contributed by atoms with Gasteiger partial charge in [-0.3, -0.25) is 4.79 Å². The molecule has 0 N–H and O–H groups in total. The molecule has 4 rings (SSSR count). The molecule has 4 atom stereocenters. The smallest absolute Gasteiger partial charge is 0.159 e. The van der Waals surface area contributed by atoms with Gasteiger partial charge in [-0.1, -0.05) is 32.8 Å². The number of rotatable bonds is 0. The third-order valence-corrected chi connectivity index (χ3v) is 5.75. The summed E-state index contributed by atoms with van der Waals surface area (Å²) in [5, 5.41) is 0. The molecule has 1 unspecified atom stereocenters. The zero-order valence-electron chi connectivity index (χ0n) is 10.8. The summed E-state index contributed by atoms with van der Waals surface area (Å²) in [5.74, 6) is 2.06. The van der Waals surface area contributed by atoms with Gasteiger partial charge in [-0.05, 0) is 48.5 Å². The lowest BCUT2D eigenvalue weighted by molar-refractivity contribution is -0.164. The molecule has 4 bridgehead atoms. The highest BCUT2D eigenvalue weighted by Gasteiger charge is 2.67. The molecule has 0 radical (unpaired) electrons. The summed E-state index contributed by atoms with van der Waals surface area (Å²) in [6.45, 7) is 9.27. The standard InChI is InChI=1S/C15H22O/c1-9-8-10(16)12-13-11(9)15(12,4)7-5-6-14(13,2)3/h8,11-13H,5-7H2,1-4H3/t11-,12+,13?,15+/m0/s1. The fraction of sp³-hybridized carbons (Fsp3) is 0.800. The van der Waals surface area contributed by atoms with E-state index in [0.717, 1.165) is 0 Å². The van der Waals surface area contributed by atoms with Crippen LogP contribution in [-0.2, 0) is 4.79 Å². The van der Waals surface area contributed by atoms with Gasteiger partial charge < -0.3 is 0 Å². The second-order valence-electron chi connectivity index (χ2n) is 7.12. The van der Waals surface area contributed by atoms with Gasteiger partial charge in [-0.15, -0.1) is 0 Å². The topological polar surface area (TPSA) is 17.1 Å². The molecule has 4 aliphatic carbocycles. The number of hydrogen-bond donors (Lipinski definition) is 0. The normalized spacial score (nSPS) is 49.1. The van der Waals surface area contributed by atoms with Gasteiger partial charge in [0.15, 0.2) is 5.78 Å². The van der Waals surface area contributed by atoms with Crippen molar-refractivity contribution in [3.63, 3.8) is 0 Å². The number of carbonyl (C=O) groups excluding carboxylic acids is 1. The van der Waals surface area contributed by atoms with E-state index in [0.29, 0.717) is 34.4 Å². The minimum atomic E-state index is 0.300. The van der Waals surface area contributed by atoms with E-state index < -0.39 is 0 Å². The molecular formula is C15H22O. The van der Waals surface area contributed by atoms with Gasteiger partial charge in [0.1, 0.15) is 0 Å². The van der Waals surface area contributed by atoms with Gasteiger partial charge in [0.2, 0.25) is 0 Å². The Bertz CT molecular complexity index is 390. The molecule has 88 valence electrons. The van der Waals surface area contributed by atoms with Crippen molar-refractivity contribution < 1.29 is 4.79 Å². The Kier molecular flexibility index (Phi) is 1.85. The number of hydrogen-bond acceptors (Lipinski definition) is 1. The molecule has 0 amide bonds. The van der Waals surface area contributed by atoms with E-state index in [1.54, 1.807) is 0 Å². The van der Waals surface area contributed by atoms with Crippen molar-refractivity contribution in [1.29, 1.82) is 0 Å². The second kappa shape index (κ2) is 2.80. The molecule has 2 saturated carbocycles. The number of carbonyl (C=O) groups is 1. The molecule has 0 aromatic heterocycles. The fourth-order valence-corrected chi connectivity index (χ4v) is 5.10. The summed E-state index contributed by atoms with van der Waals surface area (Å²) in [4.78, 5) is 12.2. The van der Waals surface area contributed by atoms with Crippen LogP contribution in [-0.4, -0.2) is 5.78 Å². The van der Waals surface area contributed by atoms with Crippen molar-refractivity contribution in [2.45, 2.75) is 47.0 Å². The molecule has 2 fully saturated rings. The summed E-state index contributed by atoms with van der Waals surface area (Å²) in [5.41, 5.74) is 2.01. The fourth-order valence-electron chi connectivity index (χ4n) is 5.10. The lowest BCUT2D eigenvalue weighted by Gasteiger charge is -2.64. The zero-order chi connectivity index (χ0) is 11.7. The van der Waals surface area contributed by atoms with Crippen LogP contribution in [0.5, 0.6) is 0 Å². The molecular weight excluding hydrogens is 196 g/mol. The summed E-state index contributed by atoms with van der Waals surface area (Å²) in [6.07, 6.45) is 5.77. The molecule has 1 nitrogen and oxygen atoms in total. The van der Waals surface area contributed by atoms with Crippen LogP contribution in [0.2, 0.25) is 0 Å². The zero-order valence-corrected chi connectivity index (χ0v) is 10.8. The van der Waals surface area contributed by atoms with Crippen molar-refractivity contribution in [3.05, 3.63) is 11.6 Å².